The highest BCUT2D eigenvalue weighted by Gasteiger charge is 2.07. The third-order valence-corrected chi connectivity index (χ3v) is 3.28. The molecule has 2 nitrogen and oxygen atoms in total. The molecule has 4 heteroatoms. The Kier molecular flexibility index (Phi) is 2.30. The number of hydrogen-bond donors (Lipinski definition) is 1. The Morgan fingerprint density at radius 3 is 3.00 bits per heavy atom. The van der Waals surface area contributed by atoms with Crippen molar-refractivity contribution in [3.8, 4) is 0 Å². The highest BCUT2D eigenvalue weighted by Crippen LogP contribution is 2.29. The summed E-state index contributed by atoms with van der Waals surface area (Å²) in [6, 6.07) is 3.79. The molecule has 0 radical (unpaired) electrons. The van der Waals surface area contributed by atoms with Gasteiger partial charge in [0.1, 0.15) is 11.3 Å². The van der Waals surface area contributed by atoms with Crippen LogP contribution < -0.4 is 0 Å². The van der Waals surface area contributed by atoms with Crippen LogP contribution in [0.3, 0.4) is 0 Å². The second-order valence-corrected chi connectivity index (χ2v) is 3.99. The summed E-state index contributed by atoms with van der Waals surface area (Å²) >= 11 is 9.35. The zero-order chi connectivity index (χ0) is 9.42. The van der Waals surface area contributed by atoms with Crippen molar-refractivity contribution >= 4 is 38.6 Å². The molecule has 0 atom stereocenters. The number of aromatic amines is 1. The quantitative estimate of drug-likeness (QED) is 0.834. The number of nitrogens with zero attached hydrogens (tertiary/aromatic N) is 1. The van der Waals surface area contributed by atoms with Gasteiger partial charge >= 0.3 is 0 Å². The minimum absolute atomic E-state index is 0.696. The van der Waals surface area contributed by atoms with Gasteiger partial charge in [0.25, 0.3) is 0 Å². The number of rotatable bonds is 1. The Labute approximate surface area is 89.4 Å². The number of benzene rings is 1. The standard InChI is InChI=1S/C9H8BrClN2/c1-2-7-12-6-4-3-5(11)8(10)9(6)13-7/h3-4H,2H2,1H3,(H,12,13). The van der Waals surface area contributed by atoms with Gasteiger partial charge in [0.15, 0.2) is 0 Å². The van der Waals surface area contributed by atoms with Gasteiger partial charge < -0.3 is 4.98 Å². The average molecular weight is 260 g/mol. The average Bonchev–Trinajstić information content (AvgIpc) is 2.55. The van der Waals surface area contributed by atoms with Crippen molar-refractivity contribution in [1.29, 1.82) is 0 Å². The summed E-state index contributed by atoms with van der Waals surface area (Å²) in [6.07, 6.45) is 0.902. The van der Waals surface area contributed by atoms with Crippen molar-refractivity contribution in [3.63, 3.8) is 0 Å². The highest BCUT2D eigenvalue weighted by atomic mass is 79.9. The number of imidazole rings is 1. The summed E-state index contributed by atoms with van der Waals surface area (Å²) in [4.78, 5) is 7.62. The Bertz CT molecular complexity index is 450. The van der Waals surface area contributed by atoms with Gasteiger partial charge in [-0.3, -0.25) is 0 Å². The van der Waals surface area contributed by atoms with Crippen LogP contribution in [0.15, 0.2) is 16.6 Å². The lowest BCUT2D eigenvalue weighted by molar-refractivity contribution is 1.00. The second-order valence-electron chi connectivity index (χ2n) is 2.79. The van der Waals surface area contributed by atoms with Crippen LogP contribution in [0.1, 0.15) is 12.7 Å². The van der Waals surface area contributed by atoms with E-state index in [1.807, 2.05) is 12.1 Å². The van der Waals surface area contributed by atoms with Gasteiger partial charge in [-0.25, -0.2) is 4.98 Å². The van der Waals surface area contributed by atoms with Crippen LogP contribution in [0.25, 0.3) is 11.0 Å². The number of halogens is 2. The lowest BCUT2D eigenvalue weighted by atomic mass is 10.3. The van der Waals surface area contributed by atoms with Crippen LogP contribution in [0.5, 0.6) is 0 Å². The Morgan fingerprint density at radius 2 is 2.31 bits per heavy atom. The highest BCUT2D eigenvalue weighted by molar-refractivity contribution is 9.10. The van der Waals surface area contributed by atoms with E-state index in [-0.39, 0.29) is 0 Å². The lowest BCUT2D eigenvalue weighted by Gasteiger charge is -1.94. The molecule has 0 unspecified atom stereocenters. The lowest BCUT2D eigenvalue weighted by Crippen LogP contribution is -1.79. The fourth-order valence-corrected chi connectivity index (χ4v) is 1.82. The molecule has 1 N–H and O–H groups in total. The topological polar surface area (TPSA) is 28.7 Å². The smallest absolute Gasteiger partial charge is 0.106 e. The zero-order valence-corrected chi connectivity index (χ0v) is 9.41. The zero-order valence-electron chi connectivity index (χ0n) is 7.06. The SMILES string of the molecule is CCc1nc2c(Br)c(Cl)ccc2[nH]1. The van der Waals surface area contributed by atoms with Crippen molar-refractivity contribution in [2.45, 2.75) is 13.3 Å². The third-order valence-electron chi connectivity index (χ3n) is 1.93. The third kappa shape index (κ3) is 1.46. The molecule has 0 bridgehead atoms. The monoisotopic (exact) mass is 258 g/mol. The van der Waals surface area contributed by atoms with Crippen molar-refractivity contribution < 1.29 is 0 Å². The molecule has 1 aromatic heterocycles. The van der Waals surface area contributed by atoms with Crippen LogP contribution in [0.4, 0.5) is 0 Å². The molecule has 0 aliphatic rings. The first kappa shape index (κ1) is 9.03. The summed E-state index contributed by atoms with van der Waals surface area (Å²) in [6.45, 7) is 2.06. The Balaban J connectivity index is 2.76. The summed E-state index contributed by atoms with van der Waals surface area (Å²) in [5.41, 5.74) is 1.93. The first-order valence-corrected chi connectivity index (χ1v) is 5.22. The number of nitrogens with one attached hydrogen (secondary N) is 1. The molecular weight excluding hydrogens is 251 g/mol. The van der Waals surface area contributed by atoms with E-state index in [1.165, 1.54) is 0 Å². The van der Waals surface area contributed by atoms with Gasteiger partial charge in [0.2, 0.25) is 0 Å². The van der Waals surface area contributed by atoms with Crippen LogP contribution in [-0.4, -0.2) is 9.97 Å². The maximum absolute atomic E-state index is 5.94. The number of hydrogen-bond acceptors (Lipinski definition) is 1. The molecule has 0 spiro atoms. The van der Waals surface area contributed by atoms with Crippen molar-refractivity contribution in [2.75, 3.05) is 0 Å². The molecule has 13 heavy (non-hydrogen) atoms. The Hall–Kier alpha value is -0.540. The largest absolute Gasteiger partial charge is 0.342 e. The molecule has 0 aliphatic carbocycles. The van der Waals surface area contributed by atoms with E-state index in [0.717, 1.165) is 27.8 Å². The second kappa shape index (κ2) is 3.31. The maximum atomic E-state index is 5.94. The van der Waals surface area contributed by atoms with E-state index in [9.17, 15) is 0 Å². The van der Waals surface area contributed by atoms with Gasteiger partial charge in [0, 0.05) is 6.42 Å². The molecule has 0 fully saturated rings. The molecule has 1 heterocycles. The summed E-state index contributed by atoms with van der Waals surface area (Å²) in [7, 11) is 0. The van der Waals surface area contributed by atoms with Crippen molar-refractivity contribution in [2.24, 2.45) is 0 Å². The first-order valence-electron chi connectivity index (χ1n) is 4.05. The molecule has 0 amide bonds. The van der Waals surface area contributed by atoms with E-state index in [2.05, 4.69) is 32.8 Å². The molecular formula is C9H8BrClN2. The van der Waals surface area contributed by atoms with E-state index < -0.39 is 0 Å². The van der Waals surface area contributed by atoms with E-state index in [1.54, 1.807) is 0 Å². The minimum atomic E-state index is 0.696. The predicted octanol–water partition coefficient (Wildman–Crippen LogP) is 3.54. The molecule has 68 valence electrons. The molecule has 0 aliphatic heterocycles. The van der Waals surface area contributed by atoms with E-state index in [4.69, 9.17) is 11.6 Å². The van der Waals surface area contributed by atoms with Crippen LogP contribution in [0.2, 0.25) is 5.02 Å². The van der Waals surface area contributed by atoms with Crippen LogP contribution in [-0.2, 0) is 6.42 Å². The van der Waals surface area contributed by atoms with Crippen LogP contribution >= 0.6 is 27.5 Å². The predicted molar refractivity (Wildman–Crippen MR) is 58.2 cm³/mol. The number of aromatic nitrogens is 2. The molecule has 2 aromatic rings. The van der Waals surface area contributed by atoms with Gasteiger partial charge in [-0.1, -0.05) is 18.5 Å². The first-order chi connectivity index (χ1) is 6.22. The summed E-state index contributed by atoms with van der Waals surface area (Å²) < 4.78 is 0.864. The number of fused-ring (bicyclic) bond motifs is 1. The van der Waals surface area contributed by atoms with Gasteiger partial charge in [-0.2, -0.15) is 0 Å². The van der Waals surface area contributed by atoms with Gasteiger partial charge in [-0.05, 0) is 28.1 Å². The van der Waals surface area contributed by atoms with E-state index in [0.29, 0.717) is 5.02 Å². The fourth-order valence-electron chi connectivity index (χ4n) is 1.24. The number of aryl methyl sites for hydroxylation is 1. The maximum Gasteiger partial charge on any atom is 0.106 e. The summed E-state index contributed by atoms with van der Waals surface area (Å²) in [5.74, 6) is 0.984. The number of H-pyrrole nitrogens is 1. The normalized spacial score (nSPS) is 11.0. The van der Waals surface area contributed by atoms with Gasteiger partial charge in [-0.15, -0.1) is 0 Å². The summed E-state index contributed by atoms with van der Waals surface area (Å²) in [5, 5.41) is 0.696. The van der Waals surface area contributed by atoms with Crippen molar-refractivity contribution in [3.05, 3.63) is 27.5 Å². The molecule has 0 saturated heterocycles. The molecule has 2 rings (SSSR count). The Morgan fingerprint density at radius 1 is 1.54 bits per heavy atom. The molecule has 1 aromatic carbocycles. The van der Waals surface area contributed by atoms with Crippen LogP contribution in [0, 0.1) is 0 Å². The van der Waals surface area contributed by atoms with E-state index >= 15 is 0 Å². The molecule has 0 saturated carbocycles. The fraction of sp³-hybridized carbons (Fsp3) is 0.222. The minimum Gasteiger partial charge on any atom is -0.342 e. The van der Waals surface area contributed by atoms with Gasteiger partial charge in [0.05, 0.1) is 15.0 Å². The van der Waals surface area contributed by atoms with Crippen molar-refractivity contribution in [1.82, 2.24) is 9.97 Å².